The van der Waals surface area contributed by atoms with E-state index in [0.29, 0.717) is 49.3 Å². The predicted molar refractivity (Wildman–Crippen MR) is 117 cm³/mol. The molecular weight excluding hydrogens is 408 g/mol. The Balaban J connectivity index is 1.49. The van der Waals surface area contributed by atoms with Crippen molar-refractivity contribution in [3.8, 4) is 0 Å². The molecule has 1 aromatic carbocycles. The maximum atomic E-state index is 13.2. The van der Waals surface area contributed by atoms with Gasteiger partial charge in [0, 0.05) is 55.2 Å². The molecule has 0 radical (unpaired) electrons. The van der Waals surface area contributed by atoms with Crippen molar-refractivity contribution in [1.82, 2.24) is 19.7 Å². The third kappa shape index (κ3) is 3.88. The van der Waals surface area contributed by atoms with E-state index in [0.717, 1.165) is 0 Å². The minimum Gasteiger partial charge on any atom is -0.337 e. The number of carbonyl (C=O) groups is 4. The van der Waals surface area contributed by atoms with Gasteiger partial charge in [-0.05, 0) is 57.5 Å². The van der Waals surface area contributed by atoms with Crippen LogP contribution in [0.2, 0.25) is 0 Å². The van der Waals surface area contributed by atoms with Gasteiger partial charge in [-0.2, -0.15) is 0 Å². The molecule has 32 heavy (non-hydrogen) atoms. The van der Waals surface area contributed by atoms with Gasteiger partial charge in [0.25, 0.3) is 23.6 Å². The summed E-state index contributed by atoms with van der Waals surface area (Å²) in [6.45, 7) is 7.30. The fourth-order valence-corrected chi connectivity index (χ4v) is 4.17. The van der Waals surface area contributed by atoms with Gasteiger partial charge < -0.3 is 9.80 Å². The summed E-state index contributed by atoms with van der Waals surface area (Å²) in [5, 5.41) is 0. The van der Waals surface area contributed by atoms with E-state index in [1.807, 2.05) is 0 Å². The molecular formula is C24H26N4O4. The number of imide groups is 1. The van der Waals surface area contributed by atoms with Crippen LogP contribution in [0.1, 0.15) is 68.6 Å². The van der Waals surface area contributed by atoms with Crippen molar-refractivity contribution in [2.45, 2.75) is 32.7 Å². The lowest BCUT2D eigenvalue weighted by Crippen LogP contribution is -2.45. The smallest absolute Gasteiger partial charge is 0.262 e. The number of fused-ring (bicyclic) bond motifs is 1. The van der Waals surface area contributed by atoms with E-state index in [-0.39, 0.29) is 29.2 Å². The van der Waals surface area contributed by atoms with Crippen molar-refractivity contribution in [1.29, 1.82) is 0 Å². The van der Waals surface area contributed by atoms with Crippen molar-refractivity contribution in [2.24, 2.45) is 0 Å². The second kappa shape index (κ2) is 8.18. The average Bonchev–Trinajstić information content (AvgIpc) is 2.92. The number of rotatable bonds is 2. The Kier molecular flexibility index (Phi) is 5.54. The molecule has 0 unspecified atom stereocenters. The number of pyridine rings is 1. The molecule has 1 aromatic heterocycles. The second-order valence-electron chi connectivity index (χ2n) is 9.05. The summed E-state index contributed by atoms with van der Waals surface area (Å²) in [4.78, 5) is 60.0. The summed E-state index contributed by atoms with van der Waals surface area (Å²) in [6.07, 6.45) is 3.83. The largest absolute Gasteiger partial charge is 0.337 e. The Morgan fingerprint density at radius 2 is 1.34 bits per heavy atom. The van der Waals surface area contributed by atoms with E-state index in [2.05, 4.69) is 4.98 Å². The highest BCUT2D eigenvalue weighted by atomic mass is 16.2. The first-order chi connectivity index (χ1) is 15.2. The fourth-order valence-electron chi connectivity index (χ4n) is 4.17. The molecule has 0 atom stereocenters. The molecule has 8 heteroatoms. The highest BCUT2D eigenvalue weighted by Gasteiger charge is 2.42. The van der Waals surface area contributed by atoms with E-state index in [1.54, 1.807) is 67.2 Å². The second-order valence-corrected chi connectivity index (χ2v) is 9.05. The summed E-state index contributed by atoms with van der Waals surface area (Å²) in [7, 11) is 0. The molecule has 4 rings (SSSR count). The fraction of sp³-hybridized carbons (Fsp3) is 0.375. The molecule has 2 aromatic rings. The summed E-state index contributed by atoms with van der Waals surface area (Å²) < 4.78 is 0. The molecule has 166 valence electrons. The third-order valence-corrected chi connectivity index (χ3v) is 5.80. The Bertz CT molecular complexity index is 1090. The molecule has 4 amide bonds. The zero-order chi connectivity index (χ0) is 23.0. The average molecular weight is 434 g/mol. The summed E-state index contributed by atoms with van der Waals surface area (Å²) in [6, 6.07) is 8.04. The summed E-state index contributed by atoms with van der Waals surface area (Å²) in [5.41, 5.74) is 0.888. The number of nitrogens with zero attached hydrogens (tertiary/aromatic N) is 4. The molecule has 0 bridgehead atoms. The van der Waals surface area contributed by atoms with Crippen LogP contribution in [0, 0.1) is 0 Å². The Labute approximate surface area is 186 Å². The van der Waals surface area contributed by atoms with Crippen molar-refractivity contribution in [3.05, 3.63) is 65.0 Å². The number of hydrogen-bond donors (Lipinski definition) is 0. The van der Waals surface area contributed by atoms with E-state index in [1.165, 1.54) is 11.0 Å². The third-order valence-electron chi connectivity index (χ3n) is 5.80. The molecule has 0 saturated carbocycles. The minimum absolute atomic E-state index is 0.0781. The number of carbonyl (C=O) groups excluding carboxylic acids is 4. The van der Waals surface area contributed by atoms with Gasteiger partial charge in [-0.25, -0.2) is 0 Å². The number of hydrogen-bond acceptors (Lipinski definition) is 5. The summed E-state index contributed by atoms with van der Waals surface area (Å²) >= 11 is 0. The van der Waals surface area contributed by atoms with E-state index in [4.69, 9.17) is 0 Å². The molecule has 8 nitrogen and oxygen atoms in total. The quantitative estimate of drug-likeness (QED) is 0.678. The van der Waals surface area contributed by atoms with E-state index >= 15 is 0 Å². The van der Waals surface area contributed by atoms with Crippen molar-refractivity contribution in [2.75, 3.05) is 26.2 Å². The first-order valence-electron chi connectivity index (χ1n) is 10.7. The first kappa shape index (κ1) is 21.7. The zero-order valence-corrected chi connectivity index (χ0v) is 18.5. The van der Waals surface area contributed by atoms with Gasteiger partial charge in [-0.1, -0.05) is 0 Å². The molecule has 0 spiro atoms. The molecule has 0 N–H and O–H groups in total. The van der Waals surface area contributed by atoms with Crippen LogP contribution in [-0.4, -0.2) is 75.0 Å². The number of benzene rings is 1. The van der Waals surface area contributed by atoms with Crippen LogP contribution in [0.15, 0.2) is 42.7 Å². The summed E-state index contributed by atoms with van der Waals surface area (Å²) in [5.74, 6) is -1.00. The van der Waals surface area contributed by atoms with Crippen LogP contribution in [0.5, 0.6) is 0 Å². The molecule has 1 saturated heterocycles. The topological polar surface area (TPSA) is 90.9 Å². The van der Waals surface area contributed by atoms with Crippen LogP contribution in [0.4, 0.5) is 0 Å². The predicted octanol–water partition coefficient (Wildman–Crippen LogP) is 2.46. The van der Waals surface area contributed by atoms with Crippen LogP contribution >= 0.6 is 0 Å². The van der Waals surface area contributed by atoms with Crippen LogP contribution in [0.3, 0.4) is 0 Å². The maximum Gasteiger partial charge on any atom is 0.262 e. The van der Waals surface area contributed by atoms with Gasteiger partial charge in [-0.3, -0.25) is 29.1 Å². The number of amides is 4. The van der Waals surface area contributed by atoms with E-state index < -0.39 is 5.54 Å². The maximum absolute atomic E-state index is 13.2. The minimum atomic E-state index is -0.646. The molecule has 2 aliphatic rings. The van der Waals surface area contributed by atoms with Crippen LogP contribution in [-0.2, 0) is 0 Å². The SMILES string of the molecule is CC(C)(C)N1C(=O)c2ccc(C(=O)N3CCCN(C(=O)c4ccncc4)CC3)cc2C1=O. The van der Waals surface area contributed by atoms with Gasteiger partial charge in [0.05, 0.1) is 11.1 Å². The lowest BCUT2D eigenvalue weighted by molar-refractivity contribution is 0.0507. The lowest BCUT2D eigenvalue weighted by atomic mass is 10.0. The molecule has 2 aliphatic heterocycles. The number of aromatic nitrogens is 1. The zero-order valence-electron chi connectivity index (χ0n) is 18.5. The molecule has 0 aliphatic carbocycles. The van der Waals surface area contributed by atoms with Crippen molar-refractivity contribution < 1.29 is 19.2 Å². The van der Waals surface area contributed by atoms with Gasteiger partial charge in [-0.15, -0.1) is 0 Å². The lowest BCUT2D eigenvalue weighted by Gasteiger charge is -2.29. The monoisotopic (exact) mass is 434 g/mol. The van der Waals surface area contributed by atoms with Crippen LogP contribution < -0.4 is 0 Å². The van der Waals surface area contributed by atoms with Gasteiger partial charge in [0.1, 0.15) is 0 Å². The normalized spacial score (nSPS) is 16.8. The van der Waals surface area contributed by atoms with Crippen molar-refractivity contribution in [3.63, 3.8) is 0 Å². The van der Waals surface area contributed by atoms with Crippen molar-refractivity contribution >= 4 is 23.6 Å². The highest BCUT2D eigenvalue weighted by Crippen LogP contribution is 2.30. The standard InChI is InChI=1S/C24H26N4O4/c1-24(2,3)28-22(31)18-6-5-17(15-19(18)23(28)32)21(30)27-12-4-11-26(13-14-27)20(29)16-7-9-25-10-8-16/h5-10,15H,4,11-14H2,1-3H3. The van der Waals surface area contributed by atoms with Gasteiger partial charge in [0.2, 0.25) is 0 Å². The highest BCUT2D eigenvalue weighted by molar-refractivity contribution is 6.22. The Morgan fingerprint density at radius 1 is 0.781 bits per heavy atom. The van der Waals surface area contributed by atoms with E-state index in [9.17, 15) is 19.2 Å². The Morgan fingerprint density at radius 3 is 1.94 bits per heavy atom. The Hall–Kier alpha value is -3.55. The molecule has 1 fully saturated rings. The van der Waals surface area contributed by atoms with Gasteiger partial charge >= 0.3 is 0 Å². The van der Waals surface area contributed by atoms with Crippen LogP contribution in [0.25, 0.3) is 0 Å². The molecule has 3 heterocycles. The van der Waals surface area contributed by atoms with Gasteiger partial charge in [0.15, 0.2) is 0 Å². The first-order valence-corrected chi connectivity index (χ1v) is 10.7.